The Hall–Kier alpha value is -2.50. The van der Waals surface area contributed by atoms with Gasteiger partial charge in [-0.15, -0.1) is 5.10 Å². The molecule has 2 aliphatic carbocycles. The van der Waals surface area contributed by atoms with Crippen molar-refractivity contribution < 1.29 is 9.21 Å². The summed E-state index contributed by atoms with van der Waals surface area (Å²) in [6.07, 6.45) is 4.76. The van der Waals surface area contributed by atoms with Crippen LogP contribution in [0.2, 0.25) is 0 Å². The van der Waals surface area contributed by atoms with E-state index in [9.17, 15) is 4.79 Å². The molecule has 2 saturated carbocycles. The van der Waals surface area contributed by atoms with Gasteiger partial charge < -0.3 is 4.42 Å². The van der Waals surface area contributed by atoms with Gasteiger partial charge >= 0.3 is 0 Å². The van der Waals surface area contributed by atoms with E-state index in [0.29, 0.717) is 35.4 Å². The van der Waals surface area contributed by atoms with Crippen molar-refractivity contribution in [2.75, 3.05) is 0 Å². The van der Waals surface area contributed by atoms with Gasteiger partial charge in [0.25, 0.3) is 0 Å². The molecule has 3 aromatic rings. The van der Waals surface area contributed by atoms with Gasteiger partial charge in [0.05, 0.1) is 5.69 Å². The highest BCUT2D eigenvalue weighted by atomic mass is 16.3. The molecule has 5 rings (SSSR count). The minimum Gasteiger partial charge on any atom is -0.457 e. The highest BCUT2D eigenvalue weighted by Crippen LogP contribution is 2.41. The van der Waals surface area contributed by atoms with E-state index in [1.165, 1.54) is 12.8 Å². The zero-order valence-corrected chi connectivity index (χ0v) is 13.5. The molecule has 2 aliphatic rings. The summed E-state index contributed by atoms with van der Waals surface area (Å²) in [5, 5.41) is 4.43. The van der Waals surface area contributed by atoms with E-state index in [-0.39, 0.29) is 11.7 Å². The predicted octanol–water partition coefficient (Wildman–Crippen LogP) is 3.09. The van der Waals surface area contributed by atoms with Crippen molar-refractivity contribution in [2.45, 2.75) is 44.9 Å². The van der Waals surface area contributed by atoms with E-state index in [1.807, 2.05) is 25.1 Å². The average Bonchev–Trinajstić information content (AvgIpc) is 3.48. The van der Waals surface area contributed by atoms with Crippen LogP contribution < -0.4 is 0 Å². The van der Waals surface area contributed by atoms with Gasteiger partial charge in [-0.05, 0) is 44.7 Å². The van der Waals surface area contributed by atoms with Crippen molar-refractivity contribution in [3.63, 3.8) is 0 Å². The van der Waals surface area contributed by atoms with Crippen LogP contribution in [-0.4, -0.2) is 25.4 Å². The molecule has 3 aromatic heterocycles. The first-order chi connectivity index (χ1) is 11.7. The highest BCUT2D eigenvalue weighted by Gasteiger charge is 2.30. The molecule has 3 heterocycles. The topological polar surface area (TPSA) is 73.3 Å². The molecule has 122 valence electrons. The zero-order valence-electron chi connectivity index (χ0n) is 13.5. The maximum atomic E-state index is 12.2. The second-order valence-electron chi connectivity index (χ2n) is 6.89. The lowest BCUT2D eigenvalue weighted by molar-refractivity contribution is -0.119. The number of Topliss-reactive ketones (excluding diaryl/α,β-unsaturated/α-hetero) is 1. The van der Waals surface area contributed by atoms with Crippen LogP contribution >= 0.6 is 0 Å². The van der Waals surface area contributed by atoms with E-state index >= 15 is 0 Å². The molecule has 24 heavy (non-hydrogen) atoms. The van der Waals surface area contributed by atoms with Crippen molar-refractivity contribution in [1.82, 2.24) is 19.6 Å². The molecule has 0 amide bonds. The molecule has 0 atom stereocenters. The number of aromatic nitrogens is 4. The van der Waals surface area contributed by atoms with Crippen molar-refractivity contribution in [2.24, 2.45) is 5.92 Å². The van der Waals surface area contributed by atoms with Crippen LogP contribution in [0.4, 0.5) is 0 Å². The van der Waals surface area contributed by atoms with E-state index in [1.54, 1.807) is 4.52 Å². The normalized spacial score (nSPS) is 17.5. The van der Waals surface area contributed by atoms with Crippen LogP contribution in [0.5, 0.6) is 0 Å². The largest absolute Gasteiger partial charge is 0.457 e. The van der Waals surface area contributed by atoms with Gasteiger partial charge in [-0.1, -0.05) is 0 Å². The monoisotopic (exact) mass is 322 g/mol. The van der Waals surface area contributed by atoms with Crippen molar-refractivity contribution in [3.05, 3.63) is 35.5 Å². The van der Waals surface area contributed by atoms with Gasteiger partial charge in [-0.2, -0.15) is 4.52 Å². The first-order valence-corrected chi connectivity index (χ1v) is 8.53. The summed E-state index contributed by atoms with van der Waals surface area (Å²) in [6.45, 7) is 1.85. The van der Waals surface area contributed by atoms with Crippen molar-refractivity contribution >= 4 is 11.4 Å². The smallest absolute Gasteiger partial charge is 0.199 e. The Morgan fingerprint density at radius 2 is 2.08 bits per heavy atom. The summed E-state index contributed by atoms with van der Waals surface area (Å²) in [5.74, 6) is 4.05. The molecule has 6 nitrogen and oxygen atoms in total. The summed E-state index contributed by atoms with van der Waals surface area (Å²) in [4.78, 5) is 21.3. The number of fused-ring (bicyclic) bond motifs is 1. The fourth-order valence-corrected chi connectivity index (χ4v) is 3.08. The van der Waals surface area contributed by atoms with Crippen LogP contribution in [0.15, 0.2) is 22.6 Å². The van der Waals surface area contributed by atoms with Gasteiger partial charge in [0.1, 0.15) is 17.4 Å². The van der Waals surface area contributed by atoms with Gasteiger partial charge in [-0.25, -0.2) is 9.97 Å². The summed E-state index contributed by atoms with van der Waals surface area (Å²) in [6, 6.07) is 5.82. The van der Waals surface area contributed by atoms with Gasteiger partial charge in [0.15, 0.2) is 17.2 Å². The van der Waals surface area contributed by atoms with Crippen LogP contribution in [0, 0.1) is 12.8 Å². The third-order valence-electron chi connectivity index (χ3n) is 4.70. The Morgan fingerprint density at radius 3 is 2.83 bits per heavy atom. The van der Waals surface area contributed by atoms with Crippen LogP contribution in [0.1, 0.15) is 48.9 Å². The number of aryl methyl sites for hydroxylation is 1. The van der Waals surface area contributed by atoms with E-state index in [0.717, 1.165) is 24.3 Å². The summed E-state index contributed by atoms with van der Waals surface area (Å²) in [5.41, 5.74) is 1.45. The lowest BCUT2D eigenvalue weighted by Gasteiger charge is -2.05. The third kappa shape index (κ3) is 2.42. The number of ketones is 1. The van der Waals surface area contributed by atoms with Crippen molar-refractivity contribution in [3.8, 4) is 11.6 Å². The maximum Gasteiger partial charge on any atom is 0.199 e. The number of hydrogen-bond acceptors (Lipinski definition) is 5. The molecular formula is C18H18N4O2. The molecule has 0 spiro atoms. The number of nitrogens with zero attached hydrogens (tertiary/aromatic N) is 4. The average molecular weight is 322 g/mol. The minimum absolute atomic E-state index is 0.233. The molecule has 0 N–H and O–H groups in total. The highest BCUT2D eigenvalue weighted by molar-refractivity contribution is 5.85. The molecule has 0 aromatic carbocycles. The standard InChI is InChI=1S/C18H18N4O2/c1-10-19-17-9-13(8-14(23)11-2-3-11)20-18(22(17)21-10)16-7-6-15(24-16)12-4-5-12/h6-7,9,11-12H,2-5,8H2,1H3. The van der Waals surface area contributed by atoms with Crippen molar-refractivity contribution in [1.29, 1.82) is 0 Å². The number of rotatable bonds is 5. The van der Waals surface area contributed by atoms with Crippen LogP contribution in [0.3, 0.4) is 0 Å². The Labute approximate surface area is 138 Å². The number of furan rings is 1. The summed E-state index contributed by atoms with van der Waals surface area (Å²) in [7, 11) is 0. The maximum absolute atomic E-state index is 12.2. The molecule has 0 bridgehead atoms. The van der Waals surface area contributed by atoms with E-state index in [2.05, 4.69) is 15.1 Å². The number of carbonyl (C=O) groups excluding carboxylic acids is 1. The minimum atomic E-state index is 0.233. The SMILES string of the molecule is Cc1nc2cc(CC(=O)C3CC3)nc(-c3ccc(C4CC4)o3)n2n1. The molecule has 0 aliphatic heterocycles. The van der Waals surface area contributed by atoms with E-state index in [4.69, 9.17) is 4.42 Å². The molecule has 2 fully saturated rings. The lowest BCUT2D eigenvalue weighted by Crippen LogP contribution is -2.09. The predicted molar refractivity (Wildman–Crippen MR) is 86.6 cm³/mol. The quantitative estimate of drug-likeness (QED) is 0.721. The second-order valence-corrected chi connectivity index (χ2v) is 6.89. The molecule has 6 heteroatoms. The van der Waals surface area contributed by atoms with Crippen LogP contribution in [-0.2, 0) is 11.2 Å². The molecule has 0 radical (unpaired) electrons. The second kappa shape index (κ2) is 5.00. The summed E-state index contributed by atoms with van der Waals surface area (Å²) >= 11 is 0. The van der Waals surface area contributed by atoms with E-state index < -0.39 is 0 Å². The lowest BCUT2D eigenvalue weighted by atomic mass is 10.1. The number of hydrogen-bond donors (Lipinski definition) is 0. The van der Waals surface area contributed by atoms with Gasteiger partial charge in [-0.3, -0.25) is 4.79 Å². The Balaban J connectivity index is 1.59. The zero-order chi connectivity index (χ0) is 16.3. The van der Waals surface area contributed by atoms with Gasteiger partial charge in [0.2, 0.25) is 0 Å². The Kier molecular flexibility index (Phi) is 2.89. The van der Waals surface area contributed by atoms with Gasteiger partial charge in [0, 0.05) is 24.3 Å². The Bertz CT molecular complexity index is 947. The Morgan fingerprint density at radius 1 is 1.25 bits per heavy atom. The third-order valence-corrected chi connectivity index (χ3v) is 4.70. The van der Waals surface area contributed by atoms with Crippen LogP contribution in [0.25, 0.3) is 17.2 Å². The molecular weight excluding hydrogens is 304 g/mol. The molecule has 0 saturated heterocycles. The molecule has 0 unspecified atom stereocenters. The summed E-state index contributed by atoms with van der Waals surface area (Å²) < 4.78 is 7.70. The fourth-order valence-electron chi connectivity index (χ4n) is 3.08. The number of carbonyl (C=O) groups is 1. The fraction of sp³-hybridized carbons (Fsp3) is 0.444. The first-order valence-electron chi connectivity index (χ1n) is 8.53. The first kappa shape index (κ1) is 13.9.